The van der Waals surface area contributed by atoms with Crippen LogP contribution >= 0.6 is 0 Å². The Morgan fingerprint density at radius 2 is 1.82 bits per heavy atom. The fraction of sp³-hybridized carbons (Fsp3) is 0.259. The molecule has 1 aliphatic rings. The van der Waals surface area contributed by atoms with Gasteiger partial charge in [-0.15, -0.1) is 0 Å². The molecular formula is C27H27NO6. The van der Waals surface area contributed by atoms with Crippen molar-refractivity contribution in [3.8, 4) is 11.5 Å². The van der Waals surface area contributed by atoms with Crippen molar-refractivity contribution in [2.24, 2.45) is 0 Å². The molecule has 7 nitrogen and oxygen atoms in total. The maximum atomic E-state index is 13.3. The number of amides is 1. The smallest absolute Gasteiger partial charge is 0.300 e. The monoisotopic (exact) mass is 461 g/mol. The highest BCUT2D eigenvalue weighted by Gasteiger charge is 2.49. The summed E-state index contributed by atoms with van der Waals surface area (Å²) in [5.41, 5.74) is 1.58. The van der Waals surface area contributed by atoms with Crippen LogP contribution in [-0.4, -0.2) is 30.5 Å². The van der Waals surface area contributed by atoms with E-state index in [1.165, 1.54) is 12.0 Å². The molecule has 1 aliphatic heterocycles. The fourth-order valence-electron chi connectivity index (χ4n) is 4.11. The highest BCUT2D eigenvalue weighted by Crippen LogP contribution is 2.45. The van der Waals surface area contributed by atoms with Crippen LogP contribution in [0.2, 0.25) is 0 Å². The molecule has 0 spiro atoms. The maximum Gasteiger partial charge on any atom is 0.300 e. The van der Waals surface area contributed by atoms with Crippen LogP contribution in [0.1, 0.15) is 42.0 Å². The number of ketones is 1. The number of aryl methyl sites for hydroxylation is 2. The summed E-state index contributed by atoms with van der Waals surface area (Å²) in [7, 11) is 1.49. The van der Waals surface area contributed by atoms with Crippen LogP contribution in [0.5, 0.6) is 11.5 Å². The van der Waals surface area contributed by atoms with Gasteiger partial charge < -0.3 is 19.0 Å². The van der Waals surface area contributed by atoms with Gasteiger partial charge in [0.15, 0.2) is 0 Å². The van der Waals surface area contributed by atoms with Crippen LogP contribution in [0.3, 0.4) is 0 Å². The van der Waals surface area contributed by atoms with Crippen molar-refractivity contribution in [2.45, 2.75) is 33.2 Å². The van der Waals surface area contributed by atoms with Gasteiger partial charge in [-0.3, -0.25) is 14.5 Å². The first-order valence-corrected chi connectivity index (χ1v) is 11.1. The largest absolute Gasteiger partial charge is 0.507 e. The second kappa shape index (κ2) is 9.47. The predicted molar refractivity (Wildman–Crippen MR) is 128 cm³/mol. The molecule has 1 atom stereocenters. The first-order chi connectivity index (χ1) is 16.4. The molecule has 1 unspecified atom stereocenters. The number of aliphatic hydroxyl groups excluding tert-OH is 1. The second-order valence-electron chi connectivity index (χ2n) is 8.12. The number of furan rings is 1. The molecule has 0 saturated carbocycles. The predicted octanol–water partition coefficient (Wildman–Crippen LogP) is 5.32. The first-order valence-electron chi connectivity index (χ1n) is 11.1. The van der Waals surface area contributed by atoms with Crippen LogP contribution in [0, 0.1) is 13.8 Å². The van der Waals surface area contributed by atoms with E-state index in [1.54, 1.807) is 61.5 Å². The molecule has 0 radical (unpaired) electrons. The number of carbonyl (C=O) groups is 2. The summed E-state index contributed by atoms with van der Waals surface area (Å²) in [5.74, 6) is 0.255. The van der Waals surface area contributed by atoms with Crippen LogP contribution in [-0.2, 0) is 9.59 Å². The van der Waals surface area contributed by atoms with Gasteiger partial charge in [0.2, 0.25) is 0 Å². The number of anilines is 1. The fourth-order valence-corrected chi connectivity index (χ4v) is 4.11. The number of methoxy groups -OCH3 is 1. The first kappa shape index (κ1) is 23.2. The van der Waals surface area contributed by atoms with E-state index in [-0.39, 0.29) is 11.3 Å². The molecule has 2 aromatic carbocycles. The lowest BCUT2D eigenvalue weighted by molar-refractivity contribution is -0.132. The zero-order valence-corrected chi connectivity index (χ0v) is 19.6. The minimum Gasteiger partial charge on any atom is -0.507 e. The number of benzene rings is 2. The molecule has 1 N–H and O–H groups in total. The van der Waals surface area contributed by atoms with Crippen molar-refractivity contribution in [1.82, 2.24) is 0 Å². The number of aliphatic hydroxyl groups is 1. The van der Waals surface area contributed by atoms with Crippen LogP contribution < -0.4 is 14.4 Å². The topological polar surface area (TPSA) is 89.2 Å². The summed E-state index contributed by atoms with van der Waals surface area (Å²) in [6.07, 6.45) is 0.871. The van der Waals surface area contributed by atoms with Crippen molar-refractivity contribution in [1.29, 1.82) is 0 Å². The summed E-state index contributed by atoms with van der Waals surface area (Å²) in [6.45, 7) is 6.24. The summed E-state index contributed by atoms with van der Waals surface area (Å²) in [5, 5.41) is 11.3. The second-order valence-corrected chi connectivity index (χ2v) is 8.12. The number of hydrogen-bond acceptors (Lipinski definition) is 6. The summed E-state index contributed by atoms with van der Waals surface area (Å²) in [6, 6.07) is 14.6. The Hall–Kier alpha value is -4.00. The molecule has 0 aliphatic carbocycles. The molecule has 0 bridgehead atoms. The number of carbonyl (C=O) groups excluding carboxylic acids is 2. The molecule has 2 heterocycles. The molecule has 3 aromatic rings. The number of Topliss-reactive ketones (excluding diaryl/α,β-unsaturated/α-hetero) is 1. The average Bonchev–Trinajstić information content (AvgIpc) is 3.38. The van der Waals surface area contributed by atoms with Gasteiger partial charge in [0.05, 0.1) is 25.0 Å². The van der Waals surface area contributed by atoms with E-state index in [1.807, 2.05) is 13.8 Å². The zero-order valence-electron chi connectivity index (χ0n) is 19.6. The summed E-state index contributed by atoms with van der Waals surface area (Å²) in [4.78, 5) is 27.9. The lowest BCUT2D eigenvalue weighted by Crippen LogP contribution is -2.29. The van der Waals surface area contributed by atoms with E-state index in [4.69, 9.17) is 13.9 Å². The van der Waals surface area contributed by atoms with Crippen molar-refractivity contribution < 1.29 is 28.6 Å². The van der Waals surface area contributed by atoms with Crippen molar-refractivity contribution in [2.75, 3.05) is 18.6 Å². The van der Waals surface area contributed by atoms with E-state index in [2.05, 4.69) is 0 Å². The number of hydrogen-bond donors (Lipinski definition) is 1. The zero-order chi connectivity index (χ0) is 24.4. The minimum absolute atomic E-state index is 0.0492. The van der Waals surface area contributed by atoms with E-state index in [0.717, 1.165) is 12.0 Å². The molecular weight excluding hydrogens is 434 g/mol. The third-order valence-corrected chi connectivity index (χ3v) is 5.73. The van der Waals surface area contributed by atoms with Gasteiger partial charge in [-0.2, -0.15) is 0 Å². The van der Waals surface area contributed by atoms with E-state index in [0.29, 0.717) is 40.9 Å². The number of rotatable bonds is 7. The summed E-state index contributed by atoms with van der Waals surface area (Å²) < 4.78 is 17.0. The van der Waals surface area contributed by atoms with Crippen molar-refractivity contribution in [3.05, 3.63) is 82.8 Å². The third kappa shape index (κ3) is 4.05. The average molecular weight is 462 g/mol. The molecule has 7 heteroatoms. The molecule has 1 fully saturated rings. The van der Waals surface area contributed by atoms with Gasteiger partial charge in [-0.05, 0) is 68.3 Å². The Balaban J connectivity index is 1.88. The van der Waals surface area contributed by atoms with Gasteiger partial charge in [0.1, 0.15) is 34.8 Å². The normalized spacial score (nSPS) is 17.3. The van der Waals surface area contributed by atoms with Crippen LogP contribution in [0.25, 0.3) is 5.76 Å². The van der Waals surface area contributed by atoms with Gasteiger partial charge in [0, 0.05) is 5.56 Å². The molecule has 1 aromatic heterocycles. The molecule has 34 heavy (non-hydrogen) atoms. The molecule has 1 saturated heterocycles. The Bertz CT molecular complexity index is 1270. The quantitative estimate of drug-likeness (QED) is 0.291. The van der Waals surface area contributed by atoms with Crippen LogP contribution in [0.15, 0.2) is 64.6 Å². The van der Waals surface area contributed by atoms with Gasteiger partial charge in [-0.1, -0.05) is 19.1 Å². The minimum atomic E-state index is -0.957. The van der Waals surface area contributed by atoms with E-state index >= 15 is 0 Å². The number of para-hydroxylation sites is 2. The Morgan fingerprint density at radius 3 is 2.47 bits per heavy atom. The lowest BCUT2D eigenvalue weighted by atomic mass is 9.98. The molecule has 176 valence electrons. The van der Waals surface area contributed by atoms with Crippen LogP contribution in [0.4, 0.5) is 5.69 Å². The standard InChI is InChI=1S/C27H27NO6/c1-5-14-33-20-13-11-18(15-16(20)2)25(29)23-24(22-12-10-17(3)34-22)28(27(31)26(23)30)19-8-6-7-9-21(19)32-4/h6-13,15,24,29H,5,14H2,1-4H3/b25-23-. The number of ether oxygens (including phenoxy) is 2. The molecule has 4 rings (SSSR count). The Morgan fingerprint density at radius 1 is 1.06 bits per heavy atom. The third-order valence-electron chi connectivity index (χ3n) is 5.73. The van der Waals surface area contributed by atoms with Gasteiger partial charge in [-0.25, -0.2) is 0 Å². The molecule has 1 amide bonds. The SMILES string of the molecule is CCCOc1ccc(/C(O)=C2/C(=O)C(=O)N(c3ccccc3OC)C2c2ccc(C)o2)cc1C. The number of nitrogens with zero attached hydrogens (tertiary/aromatic N) is 1. The Labute approximate surface area is 198 Å². The van der Waals surface area contributed by atoms with Crippen molar-refractivity contribution in [3.63, 3.8) is 0 Å². The van der Waals surface area contributed by atoms with Gasteiger partial charge in [0.25, 0.3) is 11.7 Å². The Kier molecular flexibility index (Phi) is 6.45. The highest BCUT2D eigenvalue weighted by molar-refractivity contribution is 6.51. The maximum absolute atomic E-state index is 13.3. The van der Waals surface area contributed by atoms with E-state index in [9.17, 15) is 14.7 Å². The van der Waals surface area contributed by atoms with Gasteiger partial charge >= 0.3 is 0 Å². The summed E-state index contributed by atoms with van der Waals surface area (Å²) >= 11 is 0. The van der Waals surface area contributed by atoms with E-state index < -0.39 is 17.7 Å². The van der Waals surface area contributed by atoms with Crippen molar-refractivity contribution >= 4 is 23.1 Å². The highest BCUT2D eigenvalue weighted by atomic mass is 16.5. The lowest BCUT2D eigenvalue weighted by Gasteiger charge is -2.25.